The van der Waals surface area contributed by atoms with Crippen molar-refractivity contribution in [3.8, 4) is 0 Å². The molecular weight excluding hydrogens is 212 g/mol. The molecule has 2 fully saturated rings. The molecule has 2 bridgehead atoms. The minimum atomic E-state index is -3.32. The summed E-state index contributed by atoms with van der Waals surface area (Å²) in [4.78, 5) is 0. The Kier molecular flexibility index (Phi) is 1.88. The number of allylic oxidation sites excluding steroid dienone is 2. The minimum absolute atomic E-state index is 0.106. The van der Waals surface area contributed by atoms with Crippen molar-refractivity contribution in [1.82, 2.24) is 0 Å². The lowest BCUT2D eigenvalue weighted by molar-refractivity contribution is 0.0761. The smallest absolute Gasteiger partial charge is 0.267 e. The van der Waals surface area contributed by atoms with Gasteiger partial charge in [-0.2, -0.15) is 8.42 Å². The average Bonchev–Trinajstić information content (AvgIpc) is 2.16. The van der Waals surface area contributed by atoms with E-state index in [1.54, 1.807) is 0 Å². The molecule has 4 atom stereocenters. The van der Waals surface area contributed by atoms with Gasteiger partial charge in [0.2, 0.25) is 0 Å². The molecule has 1 heterocycles. The van der Waals surface area contributed by atoms with Crippen molar-refractivity contribution in [1.29, 1.82) is 0 Å². The molecule has 3 aliphatic carbocycles. The van der Waals surface area contributed by atoms with E-state index in [4.69, 9.17) is 4.18 Å². The lowest BCUT2D eigenvalue weighted by atomic mass is 9.63. The number of hydrogen-bond acceptors (Lipinski definition) is 3. The van der Waals surface area contributed by atoms with Crippen LogP contribution >= 0.6 is 0 Å². The molecule has 0 amide bonds. The maximum Gasteiger partial charge on any atom is 0.271 e. The van der Waals surface area contributed by atoms with Crippen LogP contribution < -0.4 is 0 Å². The Hall–Kier alpha value is -0.350. The molecular formula is C11H16O3S. The first-order chi connectivity index (χ1) is 7.02. The van der Waals surface area contributed by atoms with Gasteiger partial charge in [-0.05, 0) is 38.5 Å². The van der Waals surface area contributed by atoms with Crippen LogP contribution in [0.15, 0.2) is 12.2 Å². The van der Waals surface area contributed by atoms with Gasteiger partial charge >= 0.3 is 0 Å². The monoisotopic (exact) mass is 228 g/mol. The van der Waals surface area contributed by atoms with Crippen LogP contribution in [-0.4, -0.2) is 19.8 Å². The molecule has 0 radical (unpaired) electrons. The van der Waals surface area contributed by atoms with Gasteiger partial charge < -0.3 is 0 Å². The third kappa shape index (κ3) is 1.31. The Morgan fingerprint density at radius 2 is 2.27 bits per heavy atom. The van der Waals surface area contributed by atoms with E-state index in [1.165, 1.54) is 0 Å². The maximum absolute atomic E-state index is 12.0. The molecule has 0 unspecified atom stereocenters. The van der Waals surface area contributed by atoms with E-state index in [1.807, 2.05) is 6.92 Å². The van der Waals surface area contributed by atoms with Crippen LogP contribution in [0.5, 0.6) is 0 Å². The van der Waals surface area contributed by atoms with Crippen molar-refractivity contribution in [2.24, 2.45) is 11.3 Å². The molecule has 4 rings (SSSR count). The van der Waals surface area contributed by atoms with E-state index in [0.717, 1.165) is 25.7 Å². The fourth-order valence-corrected chi connectivity index (χ4v) is 5.52. The molecule has 0 aromatic rings. The van der Waals surface area contributed by atoms with Crippen molar-refractivity contribution in [2.45, 2.75) is 44.0 Å². The summed E-state index contributed by atoms with van der Waals surface area (Å²) in [6.45, 7) is 1.86. The highest BCUT2D eigenvalue weighted by atomic mass is 32.2. The van der Waals surface area contributed by atoms with Crippen molar-refractivity contribution in [3.63, 3.8) is 0 Å². The van der Waals surface area contributed by atoms with Crippen molar-refractivity contribution in [3.05, 3.63) is 12.2 Å². The zero-order chi connectivity index (χ0) is 10.7. The summed E-state index contributed by atoms with van der Waals surface area (Å²) in [7, 11) is -3.32. The van der Waals surface area contributed by atoms with E-state index in [2.05, 4.69) is 12.2 Å². The molecule has 1 saturated heterocycles. The summed E-state index contributed by atoms with van der Waals surface area (Å²) < 4.78 is 29.0. The second kappa shape index (κ2) is 2.86. The topological polar surface area (TPSA) is 43.4 Å². The van der Waals surface area contributed by atoms with Crippen LogP contribution in [0.25, 0.3) is 0 Å². The number of fused-ring (bicyclic) bond motifs is 1. The average molecular weight is 228 g/mol. The van der Waals surface area contributed by atoms with E-state index < -0.39 is 10.1 Å². The highest BCUT2D eigenvalue weighted by Gasteiger charge is 2.55. The Balaban J connectivity index is 2.09. The fraction of sp³-hybridized carbons (Fsp3) is 0.818. The van der Waals surface area contributed by atoms with Gasteiger partial charge in [0.15, 0.2) is 0 Å². The summed E-state index contributed by atoms with van der Waals surface area (Å²) in [5.74, 6) is 0.462. The van der Waals surface area contributed by atoms with Crippen molar-refractivity contribution in [2.75, 3.05) is 0 Å². The second-order valence-electron chi connectivity index (χ2n) is 5.22. The van der Waals surface area contributed by atoms with Crippen molar-refractivity contribution >= 4 is 10.1 Å². The molecule has 1 aliphatic heterocycles. The third-order valence-corrected chi connectivity index (χ3v) is 6.11. The summed E-state index contributed by atoms with van der Waals surface area (Å²) in [6, 6.07) is 0. The van der Waals surface area contributed by atoms with Gasteiger partial charge in [-0.15, -0.1) is 0 Å². The Bertz CT molecular complexity index is 412. The first-order valence-corrected chi connectivity index (χ1v) is 7.10. The Labute approximate surface area is 90.6 Å². The SMILES string of the molecule is C[C@@H]1C[C@]23C=C[C@H](CC2)C[C@H]3S(=O)(=O)O1. The van der Waals surface area contributed by atoms with Crippen LogP contribution in [0.3, 0.4) is 0 Å². The van der Waals surface area contributed by atoms with Gasteiger partial charge in [0, 0.05) is 5.41 Å². The normalized spacial score (nSPS) is 51.4. The van der Waals surface area contributed by atoms with E-state index in [9.17, 15) is 8.42 Å². The second-order valence-corrected chi connectivity index (χ2v) is 6.97. The largest absolute Gasteiger partial charge is 0.271 e. The summed E-state index contributed by atoms with van der Waals surface area (Å²) in [6.07, 6.45) is 8.01. The molecule has 0 N–H and O–H groups in total. The summed E-state index contributed by atoms with van der Waals surface area (Å²) in [5.41, 5.74) is -0.106. The van der Waals surface area contributed by atoms with Crippen molar-refractivity contribution < 1.29 is 12.6 Å². The van der Waals surface area contributed by atoms with Crippen LogP contribution in [-0.2, 0) is 14.3 Å². The Morgan fingerprint density at radius 1 is 1.47 bits per heavy atom. The quantitative estimate of drug-likeness (QED) is 0.469. The summed E-state index contributed by atoms with van der Waals surface area (Å²) in [5, 5.41) is -0.273. The third-order valence-electron chi connectivity index (χ3n) is 4.15. The van der Waals surface area contributed by atoms with Gasteiger partial charge in [-0.1, -0.05) is 12.2 Å². The number of rotatable bonds is 0. The molecule has 15 heavy (non-hydrogen) atoms. The van der Waals surface area contributed by atoms with Crippen LogP contribution in [0.2, 0.25) is 0 Å². The van der Waals surface area contributed by atoms with E-state index in [0.29, 0.717) is 5.92 Å². The van der Waals surface area contributed by atoms with Crippen LogP contribution in [0.4, 0.5) is 0 Å². The minimum Gasteiger partial charge on any atom is -0.267 e. The fourth-order valence-electron chi connectivity index (χ4n) is 3.51. The van der Waals surface area contributed by atoms with Gasteiger partial charge in [0.05, 0.1) is 11.4 Å². The molecule has 0 aromatic heterocycles. The lowest BCUT2D eigenvalue weighted by Crippen LogP contribution is -2.53. The van der Waals surface area contributed by atoms with E-state index >= 15 is 0 Å². The molecule has 1 saturated carbocycles. The predicted molar refractivity (Wildman–Crippen MR) is 56.8 cm³/mol. The number of hydrogen-bond donors (Lipinski definition) is 0. The molecule has 3 nitrogen and oxygen atoms in total. The highest BCUT2D eigenvalue weighted by Crippen LogP contribution is 2.54. The van der Waals surface area contributed by atoms with Crippen LogP contribution in [0.1, 0.15) is 32.6 Å². The van der Waals surface area contributed by atoms with Gasteiger partial charge in [0.25, 0.3) is 10.1 Å². The van der Waals surface area contributed by atoms with Gasteiger partial charge in [-0.3, -0.25) is 4.18 Å². The zero-order valence-electron chi connectivity index (χ0n) is 8.85. The maximum atomic E-state index is 12.0. The highest BCUT2D eigenvalue weighted by molar-refractivity contribution is 7.87. The Morgan fingerprint density at radius 3 is 2.93 bits per heavy atom. The molecule has 0 aromatic carbocycles. The molecule has 84 valence electrons. The molecule has 4 aliphatic rings. The lowest BCUT2D eigenvalue weighted by Gasteiger charge is -2.51. The zero-order valence-corrected chi connectivity index (χ0v) is 9.66. The predicted octanol–water partition coefficient (Wildman–Crippen LogP) is 1.85. The summed E-state index contributed by atoms with van der Waals surface area (Å²) >= 11 is 0. The first kappa shape index (κ1) is 9.85. The molecule has 4 heteroatoms. The molecule has 1 spiro atoms. The van der Waals surface area contributed by atoms with Gasteiger partial charge in [-0.25, -0.2) is 0 Å². The van der Waals surface area contributed by atoms with Gasteiger partial charge in [0.1, 0.15) is 0 Å². The first-order valence-electron chi connectivity index (χ1n) is 5.63. The van der Waals surface area contributed by atoms with Crippen LogP contribution in [0, 0.1) is 11.3 Å². The standard InChI is InChI=1S/C11H16O3S/c1-8-7-11-4-2-9(3-5-11)6-10(11)15(12,13)14-8/h2,4,8-10H,3,5-7H2,1H3/t8-,9-,10-,11+/m1/s1. The van der Waals surface area contributed by atoms with E-state index in [-0.39, 0.29) is 16.8 Å².